The van der Waals surface area contributed by atoms with Crippen molar-refractivity contribution in [3.05, 3.63) is 23.3 Å². The normalized spacial score (nSPS) is 10.0. The van der Waals surface area contributed by atoms with Crippen molar-refractivity contribution in [3.63, 3.8) is 0 Å². The van der Waals surface area contributed by atoms with Crippen molar-refractivity contribution in [1.29, 1.82) is 5.26 Å². The summed E-state index contributed by atoms with van der Waals surface area (Å²) < 4.78 is 10.6. The highest BCUT2D eigenvalue weighted by atomic mass is 16.5. The van der Waals surface area contributed by atoms with Crippen LogP contribution in [0.5, 0.6) is 11.5 Å². The molecule has 0 atom stereocenters. The van der Waals surface area contributed by atoms with E-state index in [0.717, 1.165) is 22.6 Å². The average Bonchev–Trinajstić information content (AvgIpc) is 2.28. The maximum Gasteiger partial charge on any atom is 0.123 e. The highest BCUT2D eigenvalue weighted by molar-refractivity contribution is 5.51. The van der Waals surface area contributed by atoms with Crippen LogP contribution in [-0.2, 0) is 6.42 Å². The molecule has 1 rings (SSSR count). The van der Waals surface area contributed by atoms with Crippen molar-refractivity contribution in [2.24, 2.45) is 0 Å². The molecule has 0 aliphatic rings. The molecule has 3 nitrogen and oxygen atoms in total. The number of rotatable bonds is 4. The van der Waals surface area contributed by atoms with Gasteiger partial charge in [-0.15, -0.1) is 0 Å². The van der Waals surface area contributed by atoms with Crippen molar-refractivity contribution in [3.8, 4) is 17.6 Å². The first-order valence-corrected chi connectivity index (χ1v) is 5.26. The fourth-order valence-corrected chi connectivity index (χ4v) is 1.89. The van der Waals surface area contributed by atoms with Gasteiger partial charge in [0.2, 0.25) is 0 Å². The monoisotopic (exact) mass is 219 g/mol. The SMILES string of the molecule is COc1ccc(OC)c(C(C)C)c1CC#N. The largest absolute Gasteiger partial charge is 0.496 e. The van der Waals surface area contributed by atoms with Crippen LogP contribution in [0.4, 0.5) is 0 Å². The van der Waals surface area contributed by atoms with Crippen LogP contribution in [0.25, 0.3) is 0 Å². The Labute approximate surface area is 96.6 Å². The number of nitriles is 1. The molecule has 0 fully saturated rings. The third kappa shape index (κ3) is 2.27. The van der Waals surface area contributed by atoms with E-state index in [2.05, 4.69) is 19.9 Å². The summed E-state index contributed by atoms with van der Waals surface area (Å²) in [4.78, 5) is 0. The number of methoxy groups -OCH3 is 2. The van der Waals surface area contributed by atoms with E-state index < -0.39 is 0 Å². The summed E-state index contributed by atoms with van der Waals surface area (Å²) in [7, 11) is 3.26. The second-order valence-corrected chi connectivity index (χ2v) is 3.85. The van der Waals surface area contributed by atoms with Crippen molar-refractivity contribution in [2.45, 2.75) is 26.2 Å². The minimum atomic E-state index is 0.299. The van der Waals surface area contributed by atoms with Gasteiger partial charge >= 0.3 is 0 Å². The summed E-state index contributed by atoms with van der Waals surface area (Å²) in [5.41, 5.74) is 1.99. The standard InChI is InChI=1S/C13H17NO2/c1-9(2)13-10(7-8-14)11(15-3)5-6-12(13)16-4/h5-6,9H,7H2,1-4H3. The molecule has 0 saturated heterocycles. The Morgan fingerprint density at radius 1 is 1.19 bits per heavy atom. The van der Waals surface area contributed by atoms with Gasteiger partial charge in [0.05, 0.1) is 26.7 Å². The van der Waals surface area contributed by atoms with Crippen LogP contribution < -0.4 is 9.47 Å². The fraction of sp³-hybridized carbons (Fsp3) is 0.462. The van der Waals surface area contributed by atoms with Crippen LogP contribution in [-0.4, -0.2) is 14.2 Å². The first-order valence-electron chi connectivity index (χ1n) is 5.26. The van der Waals surface area contributed by atoms with Crippen molar-refractivity contribution in [2.75, 3.05) is 14.2 Å². The van der Waals surface area contributed by atoms with Gasteiger partial charge in [0, 0.05) is 11.1 Å². The lowest BCUT2D eigenvalue weighted by Gasteiger charge is -2.18. The van der Waals surface area contributed by atoms with E-state index in [1.165, 1.54) is 0 Å². The van der Waals surface area contributed by atoms with Crippen LogP contribution >= 0.6 is 0 Å². The predicted octanol–water partition coefficient (Wildman–Crippen LogP) is 2.89. The van der Waals surface area contributed by atoms with Gasteiger partial charge in [-0.3, -0.25) is 0 Å². The lowest BCUT2D eigenvalue weighted by Crippen LogP contribution is -2.02. The zero-order valence-corrected chi connectivity index (χ0v) is 10.2. The Kier molecular flexibility index (Phi) is 4.19. The molecule has 0 aliphatic heterocycles. The summed E-state index contributed by atoms with van der Waals surface area (Å²) in [6, 6.07) is 5.90. The third-order valence-electron chi connectivity index (χ3n) is 2.55. The van der Waals surface area contributed by atoms with E-state index in [0.29, 0.717) is 12.3 Å². The van der Waals surface area contributed by atoms with Gasteiger partial charge in [-0.05, 0) is 18.1 Å². The summed E-state index contributed by atoms with van der Waals surface area (Å²) in [5, 5.41) is 8.86. The molecule has 0 saturated carbocycles. The third-order valence-corrected chi connectivity index (χ3v) is 2.55. The van der Waals surface area contributed by atoms with Crippen molar-refractivity contribution >= 4 is 0 Å². The average molecular weight is 219 g/mol. The van der Waals surface area contributed by atoms with Gasteiger partial charge < -0.3 is 9.47 Å². The number of hydrogen-bond donors (Lipinski definition) is 0. The molecular weight excluding hydrogens is 202 g/mol. The number of benzene rings is 1. The molecule has 0 aromatic heterocycles. The van der Waals surface area contributed by atoms with Crippen LogP contribution in [0.3, 0.4) is 0 Å². The van der Waals surface area contributed by atoms with Gasteiger partial charge in [-0.2, -0.15) is 5.26 Å². The molecular formula is C13H17NO2. The summed E-state index contributed by atoms with van der Waals surface area (Å²) in [5.74, 6) is 1.88. The minimum Gasteiger partial charge on any atom is -0.496 e. The Bertz CT molecular complexity index is 405. The van der Waals surface area contributed by atoms with Crippen LogP contribution in [0.2, 0.25) is 0 Å². The highest BCUT2D eigenvalue weighted by Crippen LogP contribution is 2.35. The lowest BCUT2D eigenvalue weighted by molar-refractivity contribution is 0.393. The quantitative estimate of drug-likeness (QED) is 0.782. The number of hydrogen-bond acceptors (Lipinski definition) is 3. The predicted molar refractivity (Wildman–Crippen MR) is 63.0 cm³/mol. The molecule has 0 bridgehead atoms. The Morgan fingerprint density at radius 3 is 2.19 bits per heavy atom. The molecule has 86 valence electrons. The molecule has 0 radical (unpaired) electrons. The molecule has 1 aromatic carbocycles. The number of nitrogens with zero attached hydrogens (tertiary/aromatic N) is 1. The summed E-state index contributed by atoms with van der Waals surface area (Å²) in [6.07, 6.45) is 0.341. The molecule has 16 heavy (non-hydrogen) atoms. The maximum absolute atomic E-state index is 8.86. The first kappa shape index (κ1) is 12.4. The topological polar surface area (TPSA) is 42.2 Å². The van der Waals surface area contributed by atoms with E-state index in [1.54, 1.807) is 14.2 Å². The van der Waals surface area contributed by atoms with Gasteiger partial charge in [0.25, 0.3) is 0 Å². The Balaban J connectivity index is 3.41. The molecule has 3 heteroatoms. The van der Waals surface area contributed by atoms with Crippen LogP contribution in [0.1, 0.15) is 30.9 Å². The molecule has 0 N–H and O–H groups in total. The van der Waals surface area contributed by atoms with Crippen LogP contribution in [0, 0.1) is 11.3 Å². The second-order valence-electron chi connectivity index (χ2n) is 3.85. The van der Waals surface area contributed by atoms with Crippen molar-refractivity contribution < 1.29 is 9.47 Å². The molecule has 1 aromatic rings. The van der Waals surface area contributed by atoms with Gasteiger partial charge in [-0.25, -0.2) is 0 Å². The van der Waals surface area contributed by atoms with E-state index in [4.69, 9.17) is 14.7 Å². The van der Waals surface area contributed by atoms with E-state index in [-0.39, 0.29) is 0 Å². The lowest BCUT2D eigenvalue weighted by atomic mass is 9.93. The van der Waals surface area contributed by atoms with Gasteiger partial charge in [0.1, 0.15) is 11.5 Å². The summed E-state index contributed by atoms with van der Waals surface area (Å²) in [6.45, 7) is 4.16. The molecule has 0 spiro atoms. The van der Waals surface area contributed by atoms with E-state index in [9.17, 15) is 0 Å². The number of ether oxygens (including phenoxy) is 2. The summed E-state index contributed by atoms with van der Waals surface area (Å²) >= 11 is 0. The fourth-order valence-electron chi connectivity index (χ4n) is 1.89. The molecule has 0 aliphatic carbocycles. The van der Waals surface area contributed by atoms with Gasteiger partial charge in [-0.1, -0.05) is 13.8 Å². The van der Waals surface area contributed by atoms with E-state index >= 15 is 0 Å². The molecule has 0 amide bonds. The van der Waals surface area contributed by atoms with E-state index in [1.807, 2.05) is 12.1 Å². The minimum absolute atomic E-state index is 0.299. The highest BCUT2D eigenvalue weighted by Gasteiger charge is 2.16. The Hall–Kier alpha value is -1.69. The maximum atomic E-state index is 8.86. The van der Waals surface area contributed by atoms with Gasteiger partial charge in [0.15, 0.2) is 0 Å². The molecule has 0 heterocycles. The van der Waals surface area contributed by atoms with Crippen molar-refractivity contribution in [1.82, 2.24) is 0 Å². The smallest absolute Gasteiger partial charge is 0.123 e. The Morgan fingerprint density at radius 2 is 1.75 bits per heavy atom. The zero-order valence-electron chi connectivity index (χ0n) is 10.2. The first-order chi connectivity index (χ1) is 7.65. The molecule has 0 unspecified atom stereocenters. The second kappa shape index (κ2) is 5.41. The van der Waals surface area contributed by atoms with Crippen LogP contribution in [0.15, 0.2) is 12.1 Å². The zero-order chi connectivity index (χ0) is 12.1.